The van der Waals surface area contributed by atoms with Crippen LogP contribution in [0.1, 0.15) is 18.0 Å². The molecule has 0 aromatic carbocycles. The molecule has 108 valence electrons. The predicted molar refractivity (Wildman–Crippen MR) is 72.7 cm³/mol. The Morgan fingerprint density at radius 2 is 2.38 bits per heavy atom. The molecule has 0 radical (unpaired) electrons. The van der Waals surface area contributed by atoms with E-state index in [1.165, 1.54) is 11.3 Å². The van der Waals surface area contributed by atoms with Gasteiger partial charge in [-0.15, -0.1) is 16.4 Å². The number of hydrogen-bond donors (Lipinski definition) is 1. The summed E-state index contributed by atoms with van der Waals surface area (Å²) in [5.41, 5.74) is 0.621. The molecule has 21 heavy (non-hydrogen) atoms. The second-order valence-electron chi connectivity index (χ2n) is 4.29. The molecule has 8 nitrogen and oxygen atoms in total. The number of aromatic nitrogens is 5. The van der Waals surface area contributed by atoms with Gasteiger partial charge in [-0.25, -0.2) is 4.68 Å². The van der Waals surface area contributed by atoms with E-state index in [9.17, 15) is 4.79 Å². The lowest BCUT2D eigenvalue weighted by atomic mass is 10.2. The van der Waals surface area contributed by atoms with Crippen molar-refractivity contribution in [1.82, 2.24) is 25.1 Å². The van der Waals surface area contributed by atoms with Gasteiger partial charge in [0, 0.05) is 12.6 Å². The van der Waals surface area contributed by atoms with Crippen LogP contribution in [-0.4, -0.2) is 36.2 Å². The van der Waals surface area contributed by atoms with E-state index in [4.69, 9.17) is 9.63 Å². The lowest BCUT2D eigenvalue weighted by molar-refractivity contribution is -0.136. The van der Waals surface area contributed by atoms with Crippen LogP contribution in [0.3, 0.4) is 0 Å². The van der Waals surface area contributed by atoms with Crippen LogP contribution in [0.4, 0.5) is 0 Å². The van der Waals surface area contributed by atoms with Crippen LogP contribution in [0, 0.1) is 0 Å². The molecule has 0 aliphatic rings. The van der Waals surface area contributed by atoms with Crippen LogP contribution in [-0.2, 0) is 17.8 Å². The molecule has 3 rings (SSSR count). The first-order chi connectivity index (χ1) is 10.2. The Kier molecular flexibility index (Phi) is 3.73. The van der Waals surface area contributed by atoms with Gasteiger partial charge >= 0.3 is 5.97 Å². The third-order valence-corrected chi connectivity index (χ3v) is 3.55. The molecule has 0 amide bonds. The van der Waals surface area contributed by atoms with Gasteiger partial charge < -0.3 is 9.63 Å². The summed E-state index contributed by atoms with van der Waals surface area (Å²) < 4.78 is 6.71. The minimum atomic E-state index is -0.859. The SMILES string of the molecule is O=C(O)CCc1cn(Cc2nc(-c3cccs3)no2)nn1. The molecule has 0 atom stereocenters. The Morgan fingerprint density at radius 3 is 3.14 bits per heavy atom. The number of aliphatic carboxylic acids is 1. The number of rotatable bonds is 6. The number of carbonyl (C=O) groups is 1. The Morgan fingerprint density at radius 1 is 1.48 bits per heavy atom. The Hall–Kier alpha value is -2.55. The van der Waals surface area contributed by atoms with Crippen molar-refractivity contribution in [2.75, 3.05) is 0 Å². The molecule has 9 heteroatoms. The monoisotopic (exact) mass is 305 g/mol. The minimum absolute atomic E-state index is 0.0295. The first-order valence-corrected chi connectivity index (χ1v) is 7.06. The van der Waals surface area contributed by atoms with Crippen LogP contribution < -0.4 is 0 Å². The van der Waals surface area contributed by atoms with Gasteiger partial charge in [0.2, 0.25) is 11.7 Å². The molecule has 0 saturated carbocycles. The van der Waals surface area contributed by atoms with Crippen molar-refractivity contribution in [3.8, 4) is 10.7 Å². The first kappa shape index (κ1) is 13.4. The van der Waals surface area contributed by atoms with E-state index >= 15 is 0 Å². The zero-order valence-electron chi connectivity index (χ0n) is 10.8. The quantitative estimate of drug-likeness (QED) is 0.734. The Balaban J connectivity index is 1.65. The van der Waals surface area contributed by atoms with Crippen LogP contribution in [0.2, 0.25) is 0 Å². The molecule has 3 aromatic rings. The summed E-state index contributed by atoms with van der Waals surface area (Å²) in [5.74, 6) is 0.112. The second-order valence-corrected chi connectivity index (χ2v) is 5.24. The van der Waals surface area contributed by atoms with E-state index in [-0.39, 0.29) is 6.42 Å². The molecular weight excluding hydrogens is 294 g/mol. The maximum absolute atomic E-state index is 10.5. The number of nitrogens with zero attached hydrogens (tertiary/aromatic N) is 5. The van der Waals surface area contributed by atoms with Crippen LogP contribution >= 0.6 is 11.3 Å². The molecule has 0 unspecified atom stereocenters. The fraction of sp³-hybridized carbons (Fsp3) is 0.250. The molecule has 0 fully saturated rings. The lowest BCUT2D eigenvalue weighted by Gasteiger charge is -1.92. The molecule has 0 bridgehead atoms. The van der Waals surface area contributed by atoms with E-state index in [2.05, 4.69) is 20.5 Å². The van der Waals surface area contributed by atoms with E-state index < -0.39 is 5.97 Å². The van der Waals surface area contributed by atoms with Crippen molar-refractivity contribution < 1.29 is 14.4 Å². The molecule has 0 aliphatic carbocycles. The van der Waals surface area contributed by atoms with Gasteiger partial charge in [0.05, 0.1) is 17.0 Å². The molecule has 3 aromatic heterocycles. The molecule has 0 saturated heterocycles. The highest BCUT2D eigenvalue weighted by Gasteiger charge is 2.11. The smallest absolute Gasteiger partial charge is 0.303 e. The highest BCUT2D eigenvalue weighted by Crippen LogP contribution is 2.21. The third-order valence-electron chi connectivity index (χ3n) is 2.69. The normalized spacial score (nSPS) is 10.9. The number of carboxylic acid groups (broad SMARTS) is 1. The summed E-state index contributed by atoms with van der Waals surface area (Å²) in [6.45, 7) is 0.304. The number of thiophene rings is 1. The van der Waals surface area contributed by atoms with E-state index in [0.29, 0.717) is 30.4 Å². The summed E-state index contributed by atoms with van der Waals surface area (Å²) in [7, 11) is 0. The highest BCUT2D eigenvalue weighted by atomic mass is 32.1. The minimum Gasteiger partial charge on any atom is -0.481 e. The van der Waals surface area contributed by atoms with Crippen molar-refractivity contribution in [1.29, 1.82) is 0 Å². The number of carboxylic acids is 1. The van der Waals surface area contributed by atoms with Gasteiger partial charge in [-0.2, -0.15) is 4.98 Å². The molecular formula is C12H11N5O3S. The largest absolute Gasteiger partial charge is 0.481 e. The highest BCUT2D eigenvalue weighted by molar-refractivity contribution is 7.13. The van der Waals surface area contributed by atoms with Gasteiger partial charge in [-0.3, -0.25) is 4.79 Å². The van der Waals surface area contributed by atoms with Crippen LogP contribution in [0.15, 0.2) is 28.2 Å². The fourth-order valence-electron chi connectivity index (χ4n) is 1.73. The summed E-state index contributed by atoms with van der Waals surface area (Å²) >= 11 is 1.53. The molecule has 1 N–H and O–H groups in total. The Bertz CT molecular complexity index is 734. The van der Waals surface area contributed by atoms with Crippen molar-refractivity contribution >= 4 is 17.3 Å². The third kappa shape index (κ3) is 3.31. The van der Waals surface area contributed by atoms with Crippen molar-refractivity contribution in [2.45, 2.75) is 19.4 Å². The molecule has 3 heterocycles. The molecule has 0 aliphatic heterocycles. The van der Waals surface area contributed by atoms with Gasteiger partial charge in [-0.1, -0.05) is 16.4 Å². The lowest BCUT2D eigenvalue weighted by Crippen LogP contribution is -2.00. The number of hydrogen-bond acceptors (Lipinski definition) is 7. The maximum Gasteiger partial charge on any atom is 0.303 e. The zero-order chi connectivity index (χ0) is 14.7. The van der Waals surface area contributed by atoms with E-state index in [1.807, 2.05) is 17.5 Å². The topological polar surface area (TPSA) is 107 Å². The van der Waals surface area contributed by atoms with Crippen LogP contribution in [0.5, 0.6) is 0 Å². The summed E-state index contributed by atoms with van der Waals surface area (Å²) in [5, 5.41) is 22.3. The number of aryl methyl sites for hydroxylation is 1. The Labute approximate surface area is 123 Å². The maximum atomic E-state index is 10.5. The standard InChI is InChI=1S/C12H11N5O3S/c18-11(19)4-3-8-6-17(16-14-8)7-10-13-12(15-20-10)9-2-1-5-21-9/h1-2,5-6H,3-4,7H2,(H,18,19). The van der Waals surface area contributed by atoms with Gasteiger partial charge in [0.25, 0.3) is 0 Å². The van der Waals surface area contributed by atoms with Gasteiger partial charge in [-0.05, 0) is 11.4 Å². The summed E-state index contributed by atoms with van der Waals surface area (Å²) in [4.78, 5) is 15.7. The average molecular weight is 305 g/mol. The van der Waals surface area contributed by atoms with Crippen molar-refractivity contribution in [3.05, 3.63) is 35.3 Å². The predicted octanol–water partition coefficient (Wildman–Crippen LogP) is 1.46. The summed E-state index contributed by atoms with van der Waals surface area (Å²) in [6.07, 6.45) is 2.05. The van der Waals surface area contributed by atoms with Crippen molar-refractivity contribution in [2.24, 2.45) is 0 Å². The van der Waals surface area contributed by atoms with Crippen LogP contribution in [0.25, 0.3) is 10.7 Å². The zero-order valence-corrected chi connectivity index (χ0v) is 11.7. The second kappa shape index (κ2) is 5.83. The molecule has 0 spiro atoms. The summed E-state index contributed by atoms with van der Waals surface area (Å²) in [6, 6.07) is 3.83. The average Bonchev–Trinajstić information content (AvgIpc) is 3.18. The van der Waals surface area contributed by atoms with Crippen molar-refractivity contribution in [3.63, 3.8) is 0 Å². The van der Waals surface area contributed by atoms with E-state index in [1.54, 1.807) is 10.9 Å². The fourth-order valence-corrected chi connectivity index (χ4v) is 2.38. The van der Waals surface area contributed by atoms with Gasteiger partial charge in [0.1, 0.15) is 6.54 Å². The van der Waals surface area contributed by atoms with E-state index in [0.717, 1.165) is 4.88 Å². The van der Waals surface area contributed by atoms with Gasteiger partial charge in [0.15, 0.2) is 0 Å². The first-order valence-electron chi connectivity index (χ1n) is 6.18.